The minimum atomic E-state index is -3.89. The molecule has 0 bridgehead atoms. The van der Waals surface area contributed by atoms with Gasteiger partial charge in [-0.3, -0.25) is 13.7 Å². The lowest BCUT2D eigenvalue weighted by Crippen LogP contribution is -2.46. The molecule has 10 heteroatoms. The van der Waals surface area contributed by atoms with E-state index in [2.05, 4.69) is 0 Å². The molecule has 3 rings (SSSR count). The van der Waals surface area contributed by atoms with Gasteiger partial charge >= 0.3 is 5.97 Å². The summed E-state index contributed by atoms with van der Waals surface area (Å²) in [5.74, 6) is -1.13. The summed E-state index contributed by atoms with van der Waals surface area (Å²) in [6.07, 6.45) is 2.54. The number of nitrogens with zero attached hydrogens (tertiary/aromatic N) is 2. The van der Waals surface area contributed by atoms with Crippen LogP contribution in [-0.4, -0.2) is 44.3 Å². The number of carbonyl (C=O) groups is 2. The van der Waals surface area contributed by atoms with Gasteiger partial charge in [0.05, 0.1) is 30.1 Å². The Balaban J connectivity index is 2.19. The topological polar surface area (TPSA) is 85.7 Å². The number of esters is 1. The van der Waals surface area contributed by atoms with Crippen LogP contribution in [0.4, 0.5) is 5.69 Å². The summed E-state index contributed by atoms with van der Waals surface area (Å²) in [6.45, 7) is 1.69. The second-order valence-electron chi connectivity index (χ2n) is 6.87. The zero-order chi connectivity index (χ0) is 22.9. The number of hydrogen-bond donors (Lipinski definition) is 0. The summed E-state index contributed by atoms with van der Waals surface area (Å²) < 4.78 is 32.5. The normalized spacial score (nSPS) is 12.5. The number of benzene rings is 2. The first-order chi connectivity index (χ1) is 14.6. The van der Waals surface area contributed by atoms with Gasteiger partial charge in [-0.2, -0.15) is 0 Å². The number of hydrogen-bond acceptors (Lipinski definition) is 5. The quantitative estimate of drug-likeness (QED) is 0.478. The molecule has 0 aliphatic heterocycles. The Morgan fingerprint density at radius 2 is 1.74 bits per heavy atom. The molecule has 0 spiro atoms. The summed E-state index contributed by atoms with van der Waals surface area (Å²) in [6, 6.07) is 10.0. The van der Waals surface area contributed by atoms with E-state index in [1.807, 2.05) is 0 Å². The number of ether oxygens (including phenoxy) is 1. The molecule has 0 saturated heterocycles. The minimum Gasteiger partial charge on any atom is -0.465 e. The molecule has 31 heavy (non-hydrogen) atoms. The van der Waals surface area contributed by atoms with Crippen molar-refractivity contribution in [1.29, 1.82) is 0 Å². The highest BCUT2D eigenvalue weighted by atomic mass is 35.5. The Kier molecular flexibility index (Phi) is 6.64. The van der Waals surface area contributed by atoms with E-state index in [-0.39, 0.29) is 27.7 Å². The molecule has 0 saturated carbocycles. The fourth-order valence-corrected chi connectivity index (χ4v) is 5.21. The lowest BCUT2D eigenvalue weighted by Gasteiger charge is -2.30. The van der Waals surface area contributed by atoms with Gasteiger partial charge in [0, 0.05) is 21.6 Å². The largest absolute Gasteiger partial charge is 0.465 e. The lowest BCUT2D eigenvalue weighted by molar-refractivity contribution is 0.0603. The van der Waals surface area contributed by atoms with E-state index in [9.17, 15) is 18.0 Å². The number of anilines is 1. The van der Waals surface area contributed by atoms with Gasteiger partial charge in [0.15, 0.2) is 0 Å². The van der Waals surface area contributed by atoms with Crippen molar-refractivity contribution in [2.75, 3.05) is 17.7 Å². The van der Waals surface area contributed by atoms with Crippen LogP contribution in [0.2, 0.25) is 10.0 Å². The third-order valence-electron chi connectivity index (χ3n) is 4.77. The summed E-state index contributed by atoms with van der Waals surface area (Å²) in [4.78, 5) is 25.8. The van der Waals surface area contributed by atoms with Crippen molar-refractivity contribution in [3.05, 3.63) is 64.3 Å². The molecule has 7 nitrogen and oxygen atoms in total. The molecule has 0 amide bonds. The first-order valence-corrected chi connectivity index (χ1v) is 11.9. The Hall–Kier alpha value is -2.55. The number of halogens is 2. The molecule has 1 atom stereocenters. The van der Waals surface area contributed by atoms with Gasteiger partial charge in [0.2, 0.25) is 10.0 Å². The van der Waals surface area contributed by atoms with Crippen LogP contribution in [-0.2, 0) is 14.8 Å². The molecule has 0 unspecified atom stereocenters. The Morgan fingerprint density at radius 3 is 2.29 bits per heavy atom. The Bertz CT molecular complexity index is 1250. The fourth-order valence-electron chi connectivity index (χ4n) is 3.50. The van der Waals surface area contributed by atoms with Crippen molar-refractivity contribution in [2.45, 2.75) is 19.4 Å². The van der Waals surface area contributed by atoms with Gasteiger partial charge in [0.1, 0.15) is 6.04 Å². The van der Waals surface area contributed by atoms with Crippen molar-refractivity contribution in [2.24, 2.45) is 0 Å². The Labute approximate surface area is 190 Å². The van der Waals surface area contributed by atoms with Crippen LogP contribution in [0.3, 0.4) is 0 Å². The first-order valence-electron chi connectivity index (χ1n) is 9.26. The highest BCUT2D eigenvalue weighted by molar-refractivity contribution is 7.92. The summed E-state index contributed by atoms with van der Waals surface area (Å²) in [5.41, 5.74) is 0.840. The SMILES string of the molecule is CC[C@@H](C(=O)n1cc(C(=O)OC)c2ccccc21)N(c1cc(Cl)cc(Cl)c1)S(C)(=O)=O. The first kappa shape index (κ1) is 23.1. The number of carbonyl (C=O) groups excluding carboxylic acids is 2. The molecule has 0 aliphatic carbocycles. The molecule has 3 aromatic rings. The maximum absolute atomic E-state index is 13.6. The van der Waals surface area contributed by atoms with E-state index in [0.29, 0.717) is 10.9 Å². The molecule has 2 aromatic carbocycles. The van der Waals surface area contributed by atoms with E-state index in [4.69, 9.17) is 27.9 Å². The number of fused-ring (bicyclic) bond motifs is 1. The van der Waals surface area contributed by atoms with E-state index < -0.39 is 27.9 Å². The van der Waals surface area contributed by atoms with E-state index in [1.54, 1.807) is 31.2 Å². The molecule has 1 aromatic heterocycles. The van der Waals surface area contributed by atoms with Crippen molar-refractivity contribution in [1.82, 2.24) is 4.57 Å². The molecular weight excluding hydrogens is 463 g/mol. The molecule has 164 valence electrons. The van der Waals surface area contributed by atoms with Crippen molar-refractivity contribution >= 4 is 61.7 Å². The van der Waals surface area contributed by atoms with Crippen molar-refractivity contribution in [3.8, 4) is 0 Å². The number of para-hydroxylation sites is 1. The molecule has 0 aliphatic rings. The third-order valence-corrected chi connectivity index (χ3v) is 6.38. The second kappa shape index (κ2) is 8.90. The van der Waals surface area contributed by atoms with Gasteiger partial charge in [-0.25, -0.2) is 13.2 Å². The highest BCUT2D eigenvalue weighted by Crippen LogP contribution is 2.31. The molecular formula is C21H20Cl2N2O5S. The van der Waals surface area contributed by atoms with E-state index >= 15 is 0 Å². The van der Waals surface area contributed by atoms with Gasteiger partial charge in [-0.15, -0.1) is 0 Å². The van der Waals surface area contributed by atoms with Gasteiger partial charge in [-0.1, -0.05) is 48.3 Å². The van der Waals surface area contributed by atoms with Crippen molar-refractivity contribution < 1.29 is 22.7 Å². The summed E-state index contributed by atoms with van der Waals surface area (Å²) in [5, 5.41) is 0.991. The van der Waals surface area contributed by atoms with E-state index in [0.717, 1.165) is 10.6 Å². The van der Waals surface area contributed by atoms with Crippen LogP contribution in [0.25, 0.3) is 10.9 Å². The molecule has 0 fully saturated rings. The van der Waals surface area contributed by atoms with Crippen LogP contribution < -0.4 is 4.31 Å². The Morgan fingerprint density at radius 1 is 1.13 bits per heavy atom. The maximum atomic E-state index is 13.6. The van der Waals surface area contributed by atoms with Gasteiger partial charge in [0.25, 0.3) is 5.91 Å². The van der Waals surface area contributed by atoms with Crippen molar-refractivity contribution in [3.63, 3.8) is 0 Å². The zero-order valence-corrected chi connectivity index (χ0v) is 19.3. The standard InChI is InChI=1S/C21H20Cl2N2O5S/c1-4-18(25(31(3,28)29)15-10-13(22)9-14(23)11-15)20(26)24-12-17(21(27)30-2)16-7-5-6-8-19(16)24/h5-12,18H,4H2,1-3H3/t18-/m0/s1. The number of aromatic nitrogens is 1. The predicted molar refractivity (Wildman–Crippen MR) is 122 cm³/mol. The van der Waals surface area contributed by atoms with E-state index in [1.165, 1.54) is 36.1 Å². The summed E-state index contributed by atoms with van der Waals surface area (Å²) >= 11 is 12.1. The highest BCUT2D eigenvalue weighted by Gasteiger charge is 2.34. The smallest absolute Gasteiger partial charge is 0.340 e. The minimum absolute atomic E-state index is 0.163. The second-order valence-corrected chi connectivity index (χ2v) is 9.60. The van der Waals surface area contributed by atoms with Crippen LogP contribution in [0.15, 0.2) is 48.7 Å². The van der Waals surface area contributed by atoms with Crippen LogP contribution >= 0.6 is 23.2 Å². The molecule has 0 N–H and O–H groups in total. The third kappa shape index (κ3) is 4.56. The van der Waals surface area contributed by atoms with Crippen LogP contribution in [0.5, 0.6) is 0 Å². The number of sulfonamides is 1. The van der Waals surface area contributed by atoms with Gasteiger partial charge in [-0.05, 0) is 30.7 Å². The monoisotopic (exact) mass is 482 g/mol. The molecule has 1 heterocycles. The number of methoxy groups -OCH3 is 1. The van der Waals surface area contributed by atoms with Gasteiger partial charge < -0.3 is 4.74 Å². The summed E-state index contributed by atoms with van der Waals surface area (Å²) in [7, 11) is -2.64. The average Bonchev–Trinajstić information content (AvgIpc) is 3.08. The average molecular weight is 483 g/mol. The number of rotatable bonds is 6. The zero-order valence-electron chi connectivity index (χ0n) is 17.0. The lowest BCUT2D eigenvalue weighted by atomic mass is 10.1. The fraction of sp³-hybridized carbons (Fsp3) is 0.238. The predicted octanol–water partition coefficient (Wildman–Crippen LogP) is 4.62. The van der Waals surface area contributed by atoms with Crippen LogP contribution in [0.1, 0.15) is 28.5 Å². The van der Waals surface area contributed by atoms with Crippen LogP contribution in [0, 0.1) is 0 Å². The maximum Gasteiger partial charge on any atom is 0.340 e. The molecule has 0 radical (unpaired) electrons.